The monoisotopic (exact) mass is 240 g/mol. The van der Waals surface area contributed by atoms with E-state index < -0.39 is 10.0 Å². The SMILES string of the molecule is CC(Nc1cccc(S(N)(=O)=O)c1)C1CC1. The van der Waals surface area contributed by atoms with Crippen LogP contribution in [0.4, 0.5) is 5.69 Å². The first-order chi connectivity index (χ1) is 7.47. The fraction of sp³-hybridized carbons (Fsp3) is 0.455. The van der Waals surface area contributed by atoms with Crippen LogP contribution in [0.3, 0.4) is 0 Å². The van der Waals surface area contributed by atoms with E-state index in [0.717, 1.165) is 11.6 Å². The quantitative estimate of drug-likeness (QED) is 0.838. The van der Waals surface area contributed by atoms with Crippen molar-refractivity contribution in [2.45, 2.75) is 30.7 Å². The van der Waals surface area contributed by atoms with Gasteiger partial charge in [-0.1, -0.05) is 6.07 Å². The van der Waals surface area contributed by atoms with E-state index in [2.05, 4.69) is 12.2 Å². The van der Waals surface area contributed by atoms with Crippen LogP contribution in [-0.2, 0) is 10.0 Å². The second kappa shape index (κ2) is 4.07. The lowest BCUT2D eigenvalue weighted by Crippen LogP contribution is -2.18. The van der Waals surface area contributed by atoms with Gasteiger partial charge in [-0.25, -0.2) is 13.6 Å². The summed E-state index contributed by atoms with van der Waals surface area (Å²) < 4.78 is 22.3. The van der Waals surface area contributed by atoms with E-state index in [1.165, 1.54) is 18.9 Å². The molecule has 1 aromatic rings. The molecule has 1 atom stereocenters. The summed E-state index contributed by atoms with van der Waals surface area (Å²) in [6, 6.07) is 7.02. The molecule has 1 unspecified atom stereocenters. The van der Waals surface area contributed by atoms with Gasteiger partial charge in [0, 0.05) is 11.7 Å². The van der Waals surface area contributed by atoms with Crippen LogP contribution in [0.25, 0.3) is 0 Å². The van der Waals surface area contributed by atoms with Gasteiger partial charge < -0.3 is 5.32 Å². The number of anilines is 1. The lowest BCUT2D eigenvalue weighted by Gasteiger charge is -2.14. The Balaban J connectivity index is 2.15. The number of nitrogens with two attached hydrogens (primary N) is 1. The summed E-state index contributed by atoms with van der Waals surface area (Å²) in [6.45, 7) is 2.11. The zero-order chi connectivity index (χ0) is 11.8. The third kappa shape index (κ3) is 2.74. The van der Waals surface area contributed by atoms with Crippen LogP contribution in [0.15, 0.2) is 29.2 Å². The topological polar surface area (TPSA) is 72.2 Å². The predicted octanol–water partition coefficient (Wildman–Crippen LogP) is 1.54. The molecule has 4 nitrogen and oxygen atoms in total. The van der Waals surface area contributed by atoms with Crippen molar-refractivity contribution in [3.05, 3.63) is 24.3 Å². The molecule has 0 radical (unpaired) electrons. The predicted molar refractivity (Wildman–Crippen MR) is 63.6 cm³/mol. The van der Waals surface area contributed by atoms with E-state index in [1.54, 1.807) is 12.1 Å². The van der Waals surface area contributed by atoms with Gasteiger partial charge in [0.2, 0.25) is 10.0 Å². The van der Waals surface area contributed by atoms with Crippen LogP contribution in [-0.4, -0.2) is 14.5 Å². The Morgan fingerprint density at radius 3 is 2.69 bits per heavy atom. The number of primary sulfonamides is 1. The number of benzene rings is 1. The lowest BCUT2D eigenvalue weighted by atomic mass is 10.2. The molecule has 1 aromatic carbocycles. The van der Waals surface area contributed by atoms with Crippen LogP contribution in [0.1, 0.15) is 19.8 Å². The second-order valence-electron chi connectivity index (χ2n) is 4.34. The van der Waals surface area contributed by atoms with Crippen molar-refractivity contribution in [3.8, 4) is 0 Å². The Kier molecular flexibility index (Phi) is 2.90. The first-order valence-electron chi connectivity index (χ1n) is 5.36. The van der Waals surface area contributed by atoms with Crippen molar-refractivity contribution >= 4 is 15.7 Å². The second-order valence-corrected chi connectivity index (χ2v) is 5.90. The zero-order valence-corrected chi connectivity index (χ0v) is 10.00. The molecule has 1 saturated carbocycles. The highest BCUT2D eigenvalue weighted by molar-refractivity contribution is 7.89. The Bertz CT molecular complexity index is 481. The van der Waals surface area contributed by atoms with Gasteiger partial charge in [0.1, 0.15) is 0 Å². The van der Waals surface area contributed by atoms with E-state index in [0.29, 0.717) is 6.04 Å². The summed E-state index contributed by atoms with van der Waals surface area (Å²) in [5.41, 5.74) is 0.811. The molecule has 16 heavy (non-hydrogen) atoms. The summed E-state index contributed by atoms with van der Waals surface area (Å²) in [5.74, 6) is 0.720. The van der Waals surface area contributed by atoms with Gasteiger partial charge in [0.05, 0.1) is 4.90 Å². The molecule has 5 heteroatoms. The van der Waals surface area contributed by atoms with Crippen molar-refractivity contribution in [1.82, 2.24) is 0 Å². The summed E-state index contributed by atoms with van der Waals surface area (Å²) in [5, 5.41) is 8.37. The Morgan fingerprint density at radius 1 is 1.44 bits per heavy atom. The van der Waals surface area contributed by atoms with E-state index in [4.69, 9.17) is 5.14 Å². The number of sulfonamides is 1. The van der Waals surface area contributed by atoms with Gasteiger partial charge in [0.25, 0.3) is 0 Å². The highest BCUT2D eigenvalue weighted by Gasteiger charge is 2.27. The minimum Gasteiger partial charge on any atom is -0.382 e. The molecule has 1 aliphatic rings. The number of nitrogens with one attached hydrogen (secondary N) is 1. The fourth-order valence-corrected chi connectivity index (χ4v) is 2.30. The van der Waals surface area contributed by atoms with Gasteiger partial charge in [-0.05, 0) is 43.9 Å². The average Bonchev–Trinajstić information content (AvgIpc) is 2.99. The van der Waals surface area contributed by atoms with Gasteiger partial charge in [-0.3, -0.25) is 0 Å². The van der Waals surface area contributed by atoms with Crippen LogP contribution < -0.4 is 10.5 Å². The number of hydrogen-bond acceptors (Lipinski definition) is 3. The minimum atomic E-state index is -3.61. The molecule has 0 amide bonds. The molecule has 0 aromatic heterocycles. The smallest absolute Gasteiger partial charge is 0.238 e. The Labute approximate surface area is 95.9 Å². The molecule has 2 rings (SSSR count). The van der Waals surface area contributed by atoms with E-state index in [1.807, 2.05) is 6.07 Å². The first kappa shape index (κ1) is 11.4. The van der Waals surface area contributed by atoms with Gasteiger partial charge in [-0.15, -0.1) is 0 Å². The fourth-order valence-electron chi connectivity index (χ4n) is 1.74. The zero-order valence-electron chi connectivity index (χ0n) is 9.18. The average molecular weight is 240 g/mol. The molecular formula is C11H16N2O2S. The summed E-state index contributed by atoms with van der Waals surface area (Å²) in [7, 11) is -3.61. The lowest BCUT2D eigenvalue weighted by molar-refractivity contribution is 0.597. The van der Waals surface area contributed by atoms with Gasteiger partial charge in [-0.2, -0.15) is 0 Å². The first-order valence-corrected chi connectivity index (χ1v) is 6.91. The van der Waals surface area contributed by atoms with Gasteiger partial charge in [0.15, 0.2) is 0 Å². The normalized spacial score (nSPS) is 18.1. The third-order valence-electron chi connectivity index (χ3n) is 2.89. The van der Waals surface area contributed by atoms with E-state index in [9.17, 15) is 8.42 Å². The molecule has 0 aliphatic heterocycles. The van der Waals surface area contributed by atoms with Crippen LogP contribution in [0.5, 0.6) is 0 Å². The number of hydrogen-bond donors (Lipinski definition) is 2. The summed E-state index contributed by atoms with van der Waals surface area (Å²) in [6.07, 6.45) is 2.51. The Morgan fingerprint density at radius 2 is 2.12 bits per heavy atom. The van der Waals surface area contributed by atoms with E-state index in [-0.39, 0.29) is 4.90 Å². The van der Waals surface area contributed by atoms with Crippen LogP contribution in [0, 0.1) is 5.92 Å². The molecule has 3 N–H and O–H groups in total. The van der Waals surface area contributed by atoms with Crippen LogP contribution >= 0.6 is 0 Å². The molecule has 0 saturated heterocycles. The van der Waals surface area contributed by atoms with Gasteiger partial charge >= 0.3 is 0 Å². The maximum atomic E-state index is 11.2. The maximum absolute atomic E-state index is 11.2. The third-order valence-corrected chi connectivity index (χ3v) is 3.80. The summed E-state index contributed by atoms with van der Waals surface area (Å²) in [4.78, 5) is 0.153. The molecule has 0 spiro atoms. The molecule has 0 heterocycles. The summed E-state index contributed by atoms with van der Waals surface area (Å²) >= 11 is 0. The van der Waals surface area contributed by atoms with Crippen molar-refractivity contribution < 1.29 is 8.42 Å². The highest BCUT2D eigenvalue weighted by Crippen LogP contribution is 2.34. The number of rotatable bonds is 4. The maximum Gasteiger partial charge on any atom is 0.238 e. The minimum absolute atomic E-state index is 0.153. The standard InChI is InChI=1S/C11H16N2O2S/c1-8(9-5-6-9)13-10-3-2-4-11(7-10)16(12,14)15/h2-4,7-9,13H,5-6H2,1H3,(H2,12,14,15). The molecule has 0 bridgehead atoms. The molecular weight excluding hydrogens is 224 g/mol. The van der Waals surface area contributed by atoms with Crippen molar-refractivity contribution in [2.24, 2.45) is 11.1 Å². The molecule has 1 aliphatic carbocycles. The van der Waals surface area contributed by atoms with Crippen molar-refractivity contribution in [2.75, 3.05) is 5.32 Å². The molecule has 88 valence electrons. The molecule has 1 fully saturated rings. The highest BCUT2D eigenvalue weighted by atomic mass is 32.2. The largest absolute Gasteiger partial charge is 0.382 e. The van der Waals surface area contributed by atoms with Crippen molar-refractivity contribution in [3.63, 3.8) is 0 Å². The Hall–Kier alpha value is -1.07. The van der Waals surface area contributed by atoms with Crippen LogP contribution in [0.2, 0.25) is 0 Å². The van der Waals surface area contributed by atoms with Crippen molar-refractivity contribution in [1.29, 1.82) is 0 Å². The van der Waals surface area contributed by atoms with E-state index >= 15 is 0 Å².